The van der Waals surface area contributed by atoms with Gasteiger partial charge in [-0.05, 0) is 24.3 Å². The molecule has 1 saturated heterocycles. The molecule has 3 aromatic rings. The number of esters is 2. The lowest BCUT2D eigenvalue weighted by molar-refractivity contribution is -0.154. The normalized spacial score (nSPS) is 21.3. The maximum atomic E-state index is 13.0. The molecular formula is C27H24O7S. The van der Waals surface area contributed by atoms with Crippen molar-refractivity contribution in [2.24, 2.45) is 0 Å². The predicted molar refractivity (Wildman–Crippen MR) is 130 cm³/mol. The number of carbonyl (C=O) groups excluding carboxylic acids is 3. The van der Waals surface area contributed by atoms with Crippen LogP contribution in [0, 0.1) is 0 Å². The zero-order valence-corrected chi connectivity index (χ0v) is 19.8. The molecule has 1 aliphatic heterocycles. The van der Waals surface area contributed by atoms with Gasteiger partial charge in [0.25, 0.3) is 0 Å². The minimum atomic E-state index is -0.941. The highest BCUT2D eigenvalue weighted by Crippen LogP contribution is 2.36. The number of ether oxygens (including phenoxy) is 4. The number of carbonyl (C=O) groups is 3. The number of benzene rings is 3. The van der Waals surface area contributed by atoms with E-state index in [2.05, 4.69) is 0 Å². The first kappa shape index (κ1) is 24.7. The number of hydrogen-bond acceptors (Lipinski definition) is 8. The van der Waals surface area contributed by atoms with Gasteiger partial charge in [0.2, 0.25) is 5.12 Å². The molecule has 0 bridgehead atoms. The maximum Gasteiger partial charge on any atom is 0.338 e. The molecule has 0 amide bonds. The Morgan fingerprint density at radius 3 is 1.83 bits per heavy atom. The number of methoxy groups -OCH3 is 1. The second kappa shape index (κ2) is 11.8. The van der Waals surface area contributed by atoms with Gasteiger partial charge >= 0.3 is 11.9 Å². The SMILES string of the molecule is COC1OC(COC(=O)c2ccccc2)C(SC(=O)c2ccccc2)C1OC(=O)c1ccccc1. The number of thioether (sulfide) groups is 1. The molecule has 4 rings (SSSR count). The Morgan fingerprint density at radius 2 is 1.29 bits per heavy atom. The van der Waals surface area contributed by atoms with Crippen LogP contribution in [0.15, 0.2) is 91.0 Å². The molecule has 8 heteroatoms. The van der Waals surface area contributed by atoms with Crippen LogP contribution in [0.4, 0.5) is 0 Å². The maximum absolute atomic E-state index is 13.0. The van der Waals surface area contributed by atoms with Crippen LogP contribution in [0.3, 0.4) is 0 Å². The minimum Gasteiger partial charge on any atom is -0.459 e. The highest BCUT2D eigenvalue weighted by Gasteiger charge is 2.49. The third-order valence-corrected chi connectivity index (χ3v) is 6.69. The summed E-state index contributed by atoms with van der Waals surface area (Å²) < 4.78 is 22.6. The van der Waals surface area contributed by atoms with Crippen LogP contribution in [-0.4, -0.2) is 54.5 Å². The summed E-state index contributed by atoms with van der Waals surface area (Å²) in [5.74, 6) is -1.09. The molecule has 180 valence electrons. The fourth-order valence-corrected chi connectivity index (χ4v) is 4.76. The van der Waals surface area contributed by atoms with E-state index >= 15 is 0 Å². The Bertz CT molecular complexity index is 1140. The van der Waals surface area contributed by atoms with E-state index in [1.807, 2.05) is 6.07 Å². The highest BCUT2D eigenvalue weighted by molar-refractivity contribution is 8.14. The Morgan fingerprint density at radius 1 is 0.771 bits per heavy atom. The van der Waals surface area contributed by atoms with E-state index < -0.39 is 35.7 Å². The van der Waals surface area contributed by atoms with Crippen LogP contribution in [0.2, 0.25) is 0 Å². The Kier molecular flexibility index (Phi) is 8.31. The van der Waals surface area contributed by atoms with Crippen LogP contribution in [0.1, 0.15) is 31.1 Å². The average Bonchev–Trinajstić information content (AvgIpc) is 3.24. The first-order chi connectivity index (χ1) is 17.1. The van der Waals surface area contributed by atoms with E-state index in [1.165, 1.54) is 7.11 Å². The summed E-state index contributed by atoms with van der Waals surface area (Å²) in [4.78, 5) is 38.3. The van der Waals surface area contributed by atoms with E-state index in [-0.39, 0.29) is 11.7 Å². The molecule has 0 radical (unpaired) electrons. The van der Waals surface area contributed by atoms with Crippen LogP contribution in [0.5, 0.6) is 0 Å². The van der Waals surface area contributed by atoms with Crippen LogP contribution in [-0.2, 0) is 18.9 Å². The summed E-state index contributed by atoms with van der Waals surface area (Å²) in [6.07, 6.45) is -2.60. The lowest BCUT2D eigenvalue weighted by Crippen LogP contribution is -2.38. The minimum absolute atomic E-state index is 0.146. The smallest absolute Gasteiger partial charge is 0.338 e. The number of hydrogen-bond donors (Lipinski definition) is 0. The van der Waals surface area contributed by atoms with Crippen LogP contribution < -0.4 is 0 Å². The van der Waals surface area contributed by atoms with Crippen molar-refractivity contribution in [2.75, 3.05) is 13.7 Å². The molecule has 0 saturated carbocycles. The number of rotatable bonds is 8. The van der Waals surface area contributed by atoms with Gasteiger partial charge in [0.1, 0.15) is 12.7 Å². The summed E-state index contributed by atoms with van der Waals surface area (Å²) >= 11 is 0.968. The van der Waals surface area contributed by atoms with Gasteiger partial charge in [-0.25, -0.2) is 9.59 Å². The van der Waals surface area contributed by atoms with E-state index in [0.717, 1.165) is 11.8 Å². The Balaban J connectivity index is 1.54. The summed E-state index contributed by atoms with van der Waals surface area (Å²) in [5, 5.41) is -0.903. The molecule has 0 aliphatic carbocycles. The van der Waals surface area contributed by atoms with Gasteiger partial charge in [-0.1, -0.05) is 78.5 Å². The Labute approximate surface area is 207 Å². The molecule has 0 N–H and O–H groups in total. The Hall–Kier alpha value is -3.46. The standard InChI is InChI=1S/C27H24O7S/c1-31-27-22(34-25(29)19-13-7-3-8-14-19)23(35-26(30)20-15-9-4-10-16-20)21(33-27)17-32-24(28)18-11-5-2-6-12-18/h2-16,21-23,27H,17H2,1H3. The molecule has 0 spiro atoms. The molecule has 35 heavy (non-hydrogen) atoms. The molecule has 4 unspecified atom stereocenters. The predicted octanol–water partition coefficient (Wildman–Crippen LogP) is 4.38. The molecular weight excluding hydrogens is 468 g/mol. The van der Waals surface area contributed by atoms with Crippen molar-refractivity contribution in [1.29, 1.82) is 0 Å². The van der Waals surface area contributed by atoms with E-state index in [9.17, 15) is 14.4 Å². The van der Waals surface area contributed by atoms with Crippen LogP contribution in [0.25, 0.3) is 0 Å². The van der Waals surface area contributed by atoms with Gasteiger partial charge in [-0.15, -0.1) is 0 Å². The van der Waals surface area contributed by atoms with Crippen molar-refractivity contribution in [3.05, 3.63) is 108 Å². The monoisotopic (exact) mass is 492 g/mol. The van der Waals surface area contributed by atoms with Gasteiger partial charge in [0.05, 0.1) is 16.4 Å². The quantitative estimate of drug-likeness (QED) is 0.428. The van der Waals surface area contributed by atoms with Gasteiger partial charge < -0.3 is 18.9 Å². The molecule has 0 aromatic heterocycles. The first-order valence-corrected chi connectivity index (χ1v) is 11.9. The van der Waals surface area contributed by atoms with Gasteiger partial charge in [-0.3, -0.25) is 4.79 Å². The molecule has 7 nitrogen and oxygen atoms in total. The molecule has 1 fully saturated rings. The molecule has 1 aliphatic rings. The fourth-order valence-electron chi connectivity index (χ4n) is 3.63. The van der Waals surface area contributed by atoms with E-state index in [1.54, 1.807) is 84.9 Å². The zero-order chi connectivity index (χ0) is 24.6. The second-order valence-electron chi connectivity index (χ2n) is 7.72. The van der Waals surface area contributed by atoms with Crippen molar-refractivity contribution in [3.63, 3.8) is 0 Å². The lowest BCUT2D eigenvalue weighted by atomic mass is 10.2. The average molecular weight is 493 g/mol. The first-order valence-electron chi connectivity index (χ1n) is 11.0. The summed E-state index contributed by atoms with van der Waals surface area (Å²) in [6.45, 7) is -0.146. The topological polar surface area (TPSA) is 88.1 Å². The van der Waals surface area contributed by atoms with Gasteiger partial charge in [0.15, 0.2) is 12.4 Å². The largest absolute Gasteiger partial charge is 0.459 e. The third-order valence-electron chi connectivity index (χ3n) is 5.39. The van der Waals surface area contributed by atoms with E-state index in [0.29, 0.717) is 16.7 Å². The molecule has 3 aromatic carbocycles. The van der Waals surface area contributed by atoms with Gasteiger partial charge in [-0.2, -0.15) is 0 Å². The summed E-state index contributed by atoms with van der Waals surface area (Å²) in [6, 6.07) is 25.8. The zero-order valence-electron chi connectivity index (χ0n) is 18.9. The molecule has 4 atom stereocenters. The molecule has 1 heterocycles. The summed E-state index contributed by atoms with van der Waals surface area (Å²) in [5.41, 5.74) is 1.25. The van der Waals surface area contributed by atoms with Crippen molar-refractivity contribution in [2.45, 2.75) is 23.7 Å². The van der Waals surface area contributed by atoms with Crippen molar-refractivity contribution in [1.82, 2.24) is 0 Å². The second-order valence-corrected chi connectivity index (χ2v) is 8.87. The fraction of sp³-hybridized carbons (Fsp3) is 0.222. The van der Waals surface area contributed by atoms with Gasteiger partial charge in [0, 0.05) is 12.7 Å². The van der Waals surface area contributed by atoms with Crippen molar-refractivity contribution >= 4 is 28.8 Å². The summed E-state index contributed by atoms with van der Waals surface area (Å²) in [7, 11) is 1.42. The third kappa shape index (κ3) is 6.16. The van der Waals surface area contributed by atoms with Crippen LogP contribution >= 0.6 is 11.8 Å². The van der Waals surface area contributed by atoms with E-state index in [4.69, 9.17) is 18.9 Å². The lowest BCUT2D eigenvalue weighted by Gasteiger charge is -2.23. The highest BCUT2D eigenvalue weighted by atomic mass is 32.2. The van der Waals surface area contributed by atoms with Crippen molar-refractivity contribution in [3.8, 4) is 0 Å². The van der Waals surface area contributed by atoms with Crippen molar-refractivity contribution < 1.29 is 33.3 Å².